The van der Waals surface area contributed by atoms with Gasteiger partial charge in [0.1, 0.15) is 5.82 Å². The van der Waals surface area contributed by atoms with Crippen molar-refractivity contribution in [2.75, 3.05) is 15.8 Å². The largest absolute Gasteiger partial charge is 0.332 e. The third-order valence-corrected chi connectivity index (χ3v) is 5.56. The monoisotopic (exact) mass is 413 g/mol. The highest BCUT2D eigenvalue weighted by molar-refractivity contribution is 7.92. The zero-order valence-corrected chi connectivity index (χ0v) is 17.0. The Morgan fingerprint density at radius 3 is 2.34 bits per heavy atom. The number of aromatic nitrogens is 2. The van der Waals surface area contributed by atoms with E-state index in [0.717, 1.165) is 17.2 Å². The number of para-hydroxylation sites is 1. The lowest BCUT2D eigenvalue weighted by Gasteiger charge is -2.12. The SMILES string of the molecule is CCS(=O)(=O)Nc1ccc(NC(=O)NCc2cnc(C)n2-c2ccccc2)cc1. The Bertz CT molecular complexity index is 1080. The van der Waals surface area contributed by atoms with Crippen LogP contribution in [-0.2, 0) is 16.6 Å². The molecule has 0 aliphatic rings. The van der Waals surface area contributed by atoms with Gasteiger partial charge >= 0.3 is 6.03 Å². The van der Waals surface area contributed by atoms with Crippen LogP contribution in [0.5, 0.6) is 0 Å². The minimum atomic E-state index is -3.33. The fourth-order valence-corrected chi connectivity index (χ4v) is 3.40. The smallest absolute Gasteiger partial charge is 0.319 e. The van der Waals surface area contributed by atoms with E-state index >= 15 is 0 Å². The van der Waals surface area contributed by atoms with Crippen molar-refractivity contribution in [1.29, 1.82) is 0 Å². The standard InChI is InChI=1S/C20H23N5O3S/c1-3-29(27,28)24-17-11-9-16(10-12-17)23-20(26)22-14-19-13-21-15(2)25(19)18-7-5-4-6-8-18/h4-13,24H,3,14H2,1-2H3,(H2,22,23,26). The Balaban J connectivity index is 1.60. The lowest BCUT2D eigenvalue weighted by Crippen LogP contribution is -2.29. The van der Waals surface area contributed by atoms with Crippen molar-refractivity contribution in [1.82, 2.24) is 14.9 Å². The second kappa shape index (κ2) is 8.78. The molecule has 9 heteroatoms. The summed E-state index contributed by atoms with van der Waals surface area (Å²) in [5, 5.41) is 5.54. The Morgan fingerprint density at radius 2 is 1.69 bits per heavy atom. The number of benzene rings is 2. The molecule has 0 fully saturated rings. The molecule has 0 saturated heterocycles. The van der Waals surface area contributed by atoms with Crippen LogP contribution >= 0.6 is 0 Å². The molecule has 0 atom stereocenters. The number of sulfonamides is 1. The number of nitrogens with one attached hydrogen (secondary N) is 3. The highest BCUT2D eigenvalue weighted by Gasteiger charge is 2.10. The Labute approximate surface area is 170 Å². The van der Waals surface area contributed by atoms with Crippen LogP contribution in [-0.4, -0.2) is 29.8 Å². The van der Waals surface area contributed by atoms with Crippen molar-refractivity contribution in [2.24, 2.45) is 0 Å². The average Bonchev–Trinajstić information content (AvgIpc) is 3.09. The topological polar surface area (TPSA) is 105 Å². The van der Waals surface area contributed by atoms with Crippen LogP contribution < -0.4 is 15.4 Å². The predicted octanol–water partition coefficient (Wildman–Crippen LogP) is 3.26. The predicted molar refractivity (Wildman–Crippen MR) is 114 cm³/mol. The summed E-state index contributed by atoms with van der Waals surface area (Å²) in [6.45, 7) is 3.77. The summed E-state index contributed by atoms with van der Waals surface area (Å²) in [6, 6.07) is 15.9. The van der Waals surface area contributed by atoms with Gasteiger partial charge in [-0.25, -0.2) is 18.2 Å². The highest BCUT2D eigenvalue weighted by Crippen LogP contribution is 2.16. The highest BCUT2D eigenvalue weighted by atomic mass is 32.2. The summed E-state index contributed by atoms with van der Waals surface area (Å²) in [5.41, 5.74) is 2.83. The number of rotatable bonds is 7. The molecule has 0 radical (unpaired) electrons. The van der Waals surface area contributed by atoms with E-state index in [1.54, 1.807) is 37.4 Å². The number of carbonyl (C=O) groups excluding carboxylic acids is 1. The van der Waals surface area contributed by atoms with E-state index in [0.29, 0.717) is 17.9 Å². The van der Waals surface area contributed by atoms with E-state index in [4.69, 9.17) is 0 Å². The van der Waals surface area contributed by atoms with Gasteiger partial charge in [0.05, 0.1) is 24.2 Å². The van der Waals surface area contributed by atoms with Crippen LogP contribution in [0.15, 0.2) is 60.8 Å². The molecule has 29 heavy (non-hydrogen) atoms. The van der Waals surface area contributed by atoms with Gasteiger partial charge in [0, 0.05) is 17.1 Å². The molecular weight excluding hydrogens is 390 g/mol. The zero-order valence-electron chi connectivity index (χ0n) is 16.2. The van der Waals surface area contributed by atoms with Gasteiger partial charge < -0.3 is 10.6 Å². The molecule has 0 aliphatic carbocycles. The van der Waals surface area contributed by atoms with E-state index in [9.17, 15) is 13.2 Å². The number of carbonyl (C=O) groups is 1. The second-order valence-corrected chi connectivity index (χ2v) is 8.37. The zero-order chi connectivity index (χ0) is 20.9. The molecular formula is C20H23N5O3S. The van der Waals surface area contributed by atoms with E-state index in [1.807, 2.05) is 41.8 Å². The molecule has 2 aromatic carbocycles. The molecule has 0 spiro atoms. The lowest BCUT2D eigenvalue weighted by molar-refractivity contribution is 0.251. The van der Waals surface area contributed by atoms with Crippen LogP contribution in [0.1, 0.15) is 18.4 Å². The molecule has 3 rings (SSSR count). The molecule has 3 N–H and O–H groups in total. The minimum absolute atomic E-state index is 0.00551. The van der Waals surface area contributed by atoms with E-state index in [1.165, 1.54) is 0 Å². The number of anilines is 2. The van der Waals surface area contributed by atoms with Gasteiger partial charge in [-0.3, -0.25) is 9.29 Å². The fourth-order valence-electron chi connectivity index (χ4n) is 2.77. The molecule has 0 aliphatic heterocycles. The maximum absolute atomic E-state index is 12.2. The van der Waals surface area contributed by atoms with Crippen molar-refractivity contribution in [3.05, 3.63) is 72.3 Å². The van der Waals surface area contributed by atoms with E-state index in [-0.39, 0.29) is 11.8 Å². The quantitative estimate of drug-likeness (QED) is 0.553. The van der Waals surface area contributed by atoms with Crippen molar-refractivity contribution in [3.8, 4) is 5.69 Å². The summed E-state index contributed by atoms with van der Waals surface area (Å²) in [7, 11) is -3.33. The first-order valence-electron chi connectivity index (χ1n) is 9.12. The summed E-state index contributed by atoms with van der Waals surface area (Å²) >= 11 is 0. The maximum Gasteiger partial charge on any atom is 0.319 e. The number of nitrogens with zero attached hydrogens (tertiary/aromatic N) is 2. The van der Waals surface area contributed by atoms with Crippen molar-refractivity contribution in [3.63, 3.8) is 0 Å². The fraction of sp³-hybridized carbons (Fsp3) is 0.200. The van der Waals surface area contributed by atoms with Crippen LogP contribution in [0.2, 0.25) is 0 Å². The second-order valence-electron chi connectivity index (χ2n) is 6.36. The number of hydrogen-bond acceptors (Lipinski definition) is 4. The van der Waals surface area contributed by atoms with Gasteiger partial charge in [0.15, 0.2) is 0 Å². The molecule has 0 unspecified atom stereocenters. The van der Waals surface area contributed by atoms with Crippen molar-refractivity contribution in [2.45, 2.75) is 20.4 Å². The molecule has 152 valence electrons. The molecule has 0 bridgehead atoms. The number of aryl methyl sites for hydroxylation is 1. The van der Waals surface area contributed by atoms with Gasteiger partial charge in [-0.15, -0.1) is 0 Å². The molecule has 0 saturated carbocycles. The first kappa shape index (κ1) is 20.4. The summed E-state index contributed by atoms with van der Waals surface area (Å²) in [4.78, 5) is 16.6. The van der Waals surface area contributed by atoms with Gasteiger partial charge in [-0.1, -0.05) is 18.2 Å². The molecule has 3 aromatic rings. The number of hydrogen-bond donors (Lipinski definition) is 3. The normalized spacial score (nSPS) is 11.1. The lowest BCUT2D eigenvalue weighted by atomic mass is 10.3. The van der Waals surface area contributed by atoms with Crippen LogP contribution in [0.25, 0.3) is 5.69 Å². The van der Waals surface area contributed by atoms with Gasteiger partial charge in [0.25, 0.3) is 0 Å². The van der Waals surface area contributed by atoms with E-state index in [2.05, 4.69) is 20.3 Å². The van der Waals surface area contributed by atoms with Crippen molar-refractivity contribution >= 4 is 27.4 Å². The van der Waals surface area contributed by atoms with Gasteiger partial charge in [-0.05, 0) is 50.2 Å². The Kier molecular flexibility index (Phi) is 6.18. The van der Waals surface area contributed by atoms with Gasteiger partial charge in [0.2, 0.25) is 10.0 Å². The minimum Gasteiger partial charge on any atom is -0.332 e. The first-order chi connectivity index (χ1) is 13.9. The third kappa shape index (κ3) is 5.35. The summed E-state index contributed by atoms with van der Waals surface area (Å²) in [6.07, 6.45) is 1.73. The summed E-state index contributed by atoms with van der Waals surface area (Å²) in [5.74, 6) is 0.826. The van der Waals surface area contributed by atoms with E-state index < -0.39 is 10.0 Å². The molecule has 2 amide bonds. The number of amides is 2. The molecule has 1 aromatic heterocycles. The maximum atomic E-state index is 12.2. The first-order valence-corrected chi connectivity index (χ1v) is 10.8. The number of imidazole rings is 1. The Hall–Kier alpha value is -3.33. The van der Waals surface area contributed by atoms with Crippen molar-refractivity contribution < 1.29 is 13.2 Å². The van der Waals surface area contributed by atoms with Crippen LogP contribution in [0.4, 0.5) is 16.2 Å². The van der Waals surface area contributed by atoms with Crippen LogP contribution in [0, 0.1) is 6.92 Å². The van der Waals surface area contributed by atoms with Gasteiger partial charge in [-0.2, -0.15) is 0 Å². The molecule has 1 heterocycles. The third-order valence-electron chi connectivity index (χ3n) is 4.25. The van der Waals surface area contributed by atoms with Crippen LogP contribution in [0.3, 0.4) is 0 Å². The summed E-state index contributed by atoms with van der Waals surface area (Å²) < 4.78 is 27.6. The number of urea groups is 1. The molecule has 8 nitrogen and oxygen atoms in total. The Morgan fingerprint density at radius 1 is 1.03 bits per heavy atom. The average molecular weight is 414 g/mol.